The summed E-state index contributed by atoms with van der Waals surface area (Å²) in [5, 5.41) is 3.70. The van der Waals surface area contributed by atoms with Gasteiger partial charge in [0.15, 0.2) is 0 Å². The Labute approximate surface area is 105 Å². The number of anilines is 1. The van der Waals surface area contributed by atoms with Gasteiger partial charge in [0.1, 0.15) is 22.6 Å². The van der Waals surface area contributed by atoms with Crippen molar-refractivity contribution in [1.29, 1.82) is 0 Å². The Hall–Kier alpha value is -1.62. The number of rotatable bonds is 4. The standard InChI is InChI=1S/C11H14ClN5/c1-3-8-16-10(12)7(2)11(17-8)15-6-9-13-4-5-14-9/h4-5H,3,6H2,1-2H3,(H,13,14)(H,15,16,17). The molecule has 0 saturated heterocycles. The van der Waals surface area contributed by atoms with Crippen molar-refractivity contribution in [3.8, 4) is 0 Å². The predicted molar refractivity (Wildman–Crippen MR) is 67.1 cm³/mol. The number of nitrogens with zero attached hydrogens (tertiary/aromatic N) is 3. The van der Waals surface area contributed by atoms with Gasteiger partial charge in [-0.05, 0) is 6.92 Å². The van der Waals surface area contributed by atoms with E-state index in [9.17, 15) is 0 Å². The number of H-pyrrole nitrogens is 1. The van der Waals surface area contributed by atoms with Gasteiger partial charge in [-0.2, -0.15) is 0 Å². The van der Waals surface area contributed by atoms with Gasteiger partial charge in [-0.1, -0.05) is 18.5 Å². The normalized spacial score (nSPS) is 10.5. The van der Waals surface area contributed by atoms with Gasteiger partial charge < -0.3 is 10.3 Å². The number of aromatic nitrogens is 4. The number of aryl methyl sites for hydroxylation is 1. The van der Waals surface area contributed by atoms with Gasteiger partial charge in [-0.15, -0.1) is 0 Å². The molecular formula is C11H14ClN5. The molecule has 17 heavy (non-hydrogen) atoms. The number of hydrogen-bond donors (Lipinski definition) is 2. The first-order valence-corrected chi connectivity index (χ1v) is 5.83. The Bertz CT molecular complexity index is 495. The topological polar surface area (TPSA) is 66.5 Å². The van der Waals surface area contributed by atoms with Gasteiger partial charge in [-0.25, -0.2) is 15.0 Å². The molecule has 0 unspecified atom stereocenters. The van der Waals surface area contributed by atoms with E-state index in [0.717, 1.165) is 29.5 Å². The van der Waals surface area contributed by atoms with Crippen molar-refractivity contribution in [2.24, 2.45) is 0 Å². The third-order valence-electron chi connectivity index (χ3n) is 2.43. The average Bonchev–Trinajstić information content (AvgIpc) is 2.84. The van der Waals surface area contributed by atoms with Crippen LogP contribution in [0.1, 0.15) is 24.1 Å². The molecule has 6 heteroatoms. The molecule has 0 aliphatic rings. The van der Waals surface area contributed by atoms with Crippen LogP contribution in [0.4, 0.5) is 5.82 Å². The lowest BCUT2D eigenvalue weighted by Gasteiger charge is -2.09. The largest absolute Gasteiger partial charge is 0.362 e. The summed E-state index contributed by atoms with van der Waals surface area (Å²) < 4.78 is 0. The molecule has 0 fully saturated rings. The molecule has 0 aliphatic carbocycles. The molecule has 0 atom stereocenters. The third kappa shape index (κ3) is 2.74. The highest BCUT2D eigenvalue weighted by Crippen LogP contribution is 2.20. The molecule has 0 amide bonds. The summed E-state index contributed by atoms with van der Waals surface area (Å²) in [6.45, 7) is 4.48. The molecule has 2 rings (SSSR count). The zero-order valence-corrected chi connectivity index (χ0v) is 10.5. The van der Waals surface area contributed by atoms with E-state index in [0.29, 0.717) is 11.7 Å². The van der Waals surface area contributed by atoms with Crippen molar-refractivity contribution >= 4 is 17.4 Å². The SMILES string of the molecule is CCc1nc(Cl)c(C)c(NCc2ncc[nH]2)n1. The van der Waals surface area contributed by atoms with Crippen LogP contribution >= 0.6 is 11.6 Å². The van der Waals surface area contributed by atoms with Crippen LogP contribution in [0.15, 0.2) is 12.4 Å². The van der Waals surface area contributed by atoms with Crippen LogP contribution in [-0.2, 0) is 13.0 Å². The zero-order valence-electron chi connectivity index (χ0n) is 9.79. The Morgan fingerprint density at radius 3 is 2.88 bits per heavy atom. The maximum absolute atomic E-state index is 6.04. The van der Waals surface area contributed by atoms with Crippen LogP contribution in [0, 0.1) is 6.92 Å². The summed E-state index contributed by atoms with van der Waals surface area (Å²) in [5.74, 6) is 2.36. The summed E-state index contributed by atoms with van der Waals surface area (Å²) in [7, 11) is 0. The van der Waals surface area contributed by atoms with E-state index in [1.807, 2.05) is 13.8 Å². The molecule has 2 aromatic heterocycles. The fourth-order valence-corrected chi connectivity index (χ4v) is 1.61. The second-order valence-corrected chi connectivity index (χ2v) is 4.01. The second kappa shape index (κ2) is 5.14. The molecule has 0 saturated carbocycles. The lowest BCUT2D eigenvalue weighted by molar-refractivity contribution is 0.911. The highest BCUT2D eigenvalue weighted by atomic mass is 35.5. The van der Waals surface area contributed by atoms with Gasteiger partial charge in [0.05, 0.1) is 6.54 Å². The van der Waals surface area contributed by atoms with E-state index in [2.05, 4.69) is 25.3 Å². The molecule has 5 nitrogen and oxygen atoms in total. The fourth-order valence-electron chi connectivity index (χ4n) is 1.43. The summed E-state index contributed by atoms with van der Waals surface area (Å²) in [5.41, 5.74) is 0.857. The molecule has 90 valence electrons. The molecular weight excluding hydrogens is 238 g/mol. The minimum atomic E-state index is 0.499. The number of halogens is 1. The summed E-state index contributed by atoms with van der Waals surface area (Å²) in [6.07, 6.45) is 4.26. The maximum atomic E-state index is 6.04. The average molecular weight is 252 g/mol. The lowest BCUT2D eigenvalue weighted by Crippen LogP contribution is -2.07. The van der Waals surface area contributed by atoms with Crippen LogP contribution in [0.2, 0.25) is 5.15 Å². The second-order valence-electron chi connectivity index (χ2n) is 3.65. The number of aromatic amines is 1. The van der Waals surface area contributed by atoms with Crippen molar-refractivity contribution in [3.63, 3.8) is 0 Å². The summed E-state index contributed by atoms with van der Waals surface area (Å²) >= 11 is 6.04. The monoisotopic (exact) mass is 251 g/mol. The first-order chi connectivity index (χ1) is 8.20. The number of nitrogens with one attached hydrogen (secondary N) is 2. The molecule has 0 radical (unpaired) electrons. The summed E-state index contributed by atoms with van der Waals surface area (Å²) in [4.78, 5) is 15.7. The van der Waals surface area contributed by atoms with Crippen molar-refractivity contribution in [3.05, 3.63) is 34.8 Å². The Morgan fingerprint density at radius 2 is 2.24 bits per heavy atom. The summed E-state index contributed by atoms with van der Waals surface area (Å²) in [6, 6.07) is 0. The van der Waals surface area contributed by atoms with Crippen LogP contribution in [0.25, 0.3) is 0 Å². The molecule has 0 aliphatic heterocycles. The van der Waals surface area contributed by atoms with E-state index < -0.39 is 0 Å². The van der Waals surface area contributed by atoms with E-state index in [-0.39, 0.29) is 0 Å². The third-order valence-corrected chi connectivity index (χ3v) is 2.80. The zero-order chi connectivity index (χ0) is 12.3. The van der Waals surface area contributed by atoms with Gasteiger partial charge >= 0.3 is 0 Å². The minimum absolute atomic E-state index is 0.499. The minimum Gasteiger partial charge on any atom is -0.362 e. The lowest BCUT2D eigenvalue weighted by atomic mass is 10.3. The molecule has 0 spiro atoms. The van der Waals surface area contributed by atoms with Crippen LogP contribution < -0.4 is 5.32 Å². The number of imidazole rings is 1. The van der Waals surface area contributed by atoms with Crippen molar-refractivity contribution in [2.75, 3.05) is 5.32 Å². The Balaban J connectivity index is 2.17. The molecule has 0 bridgehead atoms. The van der Waals surface area contributed by atoms with Gasteiger partial charge in [0.25, 0.3) is 0 Å². The van der Waals surface area contributed by atoms with Crippen LogP contribution in [-0.4, -0.2) is 19.9 Å². The highest BCUT2D eigenvalue weighted by molar-refractivity contribution is 6.30. The predicted octanol–water partition coefficient (Wildman–Crippen LogP) is 2.34. The quantitative estimate of drug-likeness (QED) is 0.819. The molecule has 2 aromatic rings. The highest BCUT2D eigenvalue weighted by Gasteiger charge is 2.08. The van der Waals surface area contributed by atoms with E-state index in [1.165, 1.54) is 0 Å². The molecule has 0 aromatic carbocycles. The Kier molecular flexibility index (Phi) is 3.58. The fraction of sp³-hybridized carbons (Fsp3) is 0.364. The smallest absolute Gasteiger partial charge is 0.137 e. The van der Waals surface area contributed by atoms with Gasteiger partial charge in [0, 0.05) is 24.4 Å². The van der Waals surface area contributed by atoms with E-state index in [1.54, 1.807) is 12.4 Å². The van der Waals surface area contributed by atoms with Gasteiger partial charge in [0.2, 0.25) is 0 Å². The number of hydrogen-bond acceptors (Lipinski definition) is 4. The molecule has 2 heterocycles. The Morgan fingerprint density at radius 1 is 1.41 bits per heavy atom. The maximum Gasteiger partial charge on any atom is 0.137 e. The van der Waals surface area contributed by atoms with Crippen molar-refractivity contribution < 1.29 is 0 Å². The first kappa shape index (κ1) is 11.9. The van der Waals surface area contributed by atoms with Gasteiger partial charge in [-0.3, -0.25) is 0 Å². The van der Waals surface area contributed by atoms with E-state index in [4.69, 9.17) is 11.6 Å². The van der Waals surface area contributed by atoms with Crippen LogP contribution in [0.3, 0.4) is 0 Å². The van der Waals surface area contributed by atoms with E-state index >= 15 is 0 Å². The van der Waals surface area contributed by atoms with Crippen molar-refractivity contribution in [1.82, 2.24) is 19.9 Å². The van der Waals surface area contributed by atoms with Crippen molar-refractivity contribution in [2.45, 2.75) is 26.8 Å². The first-order valence-electron chi connectivity index (χ1n) is 5.45. The van der Waals surface area contributed by atoms with Crippen LogP contribution in [0.5, 0.6) is 0 Å². The molecule has 2 N–H and O–H groups in total.